The van der Waals surface area contributed by atoms with Gasteiger partial charge in [0, 0.05) is 23.2 Å². The van der Waals surface area contributed by atoms with Crippen molar-refractivity contribution in [3.05, 3.63) is 23.8 Å². The third-order valence-electron chi connectivity index (χ3n) is 8.87. The van der Waals surface area contributed by atoms with Crippen LogP contribution in [0.25, 0.3) is 0 Å². The number of halogens is 2. The SMILES string of the molecule is CCC[C@]12C[C@H](O)[C@@]3(F)[C@@H](C[C@H](F)C4=CC(=O)C=C[C@@]43C)[C@@H]1C[C@@H](C)[C@H]2OC(=O)CC. The van der Waals surface area contributed by atoms with Gasteiger partial charge in [-0.1, -0.05) is 33.3 Å². The molecule has 0 aliphatic heterocycles. The van der Waals surface area contributed by atoms with Gasteiger partial charge in [0.15, 0.2) is 11.5 Å². The molecule has 9 atom stereocenters. The highest BCUT2D eigenvalue weighted by Crippen LogP contribution is 2.70. The van der Waals surface area contributed by atoms with E-state index in [0.717, 1.165) is 6.42 Å². The molecule has 4 aliphatic rings. The van der Waals surface area contributed by atoms with Crippen molar-refractivity contribution in [3.8, 4) is 0 Å². The summed E-state index contributed by atoms with van der Waals surface area (Å²) in [5, 5.41) is 11.4. The van der Waals surface area contributed by atoms with Gasteiger partial charge in [0.05, 0.1) is 6.10 Å². The van der Waals surface area contributed by atoms with E-state index in [9.17, 15) is 14.7 Å². The molecule has 0 spiro atoms. The fourth-order valence-electron chi connectivity index (χ4n) is 7.65. The number of esters is 1. The molecule has 0 aromatic heterocycles. The van der Waals surface area contributed by atoms with Crippen molar-refractivity contribution in [3.63, 3.8) is 0 Å². The van der Waals surface area contributed by atoms with Crippen LogP contribution in [0.1, 0.15) is 66.2 Å². The maximum Gasteiger partial charge on any atom is 0.305 e. The lowest BCUT2D eigenvalue weighted by molar-refractivity contribution is -0.217. The van der Waals surface area contributed by atoms with E-state index in [2.05, 4.69) is 0 Å². The van der Waals surface area contributed by atoms with E-state index in [4.69, 9.17) is 4.74 Å². The minimum atomic E-state index is -2.08. The summed E-state index contributed by atoms with van der Waals surface area (Å²) < 4.78 is 38.5. The largest absolute Gasteiger partial charge is 0.461 e. The molecule has 3 saturated carbocycles. The highest BCUT2D eigenvalue weighted by molar-refractivity contribution is 6.01. The van der Waals surface area contributed by atoms with Gasteiger partial charge in [0.25, 0.3) is 0 Å². The van der Waals surface area contributed by atoms with Crippen molar-refractivity contribution in [1.29, 1.82) is 0 Å². The lowest BCUT2D eigenvalue weighted by Gasteiger charge is -2.62. The molecule has 172 valence electrons. The number of aliphatic hydroxyl groups is 1. The molecule has 31 heavy (non-hydrogen) atoms. The Morgan fingerprint density at radius 2 is 2.00 bits per heavy atom. The van der Waals surface area contributed by atoms with Crippen molar-refractivity contribution >= 4 is 11.8 Å². The van der Waals surface area contributed by atoms with Crippen LogP contribution in [0.3, 0.4) is 0 Å². The summed E-state index contributed by atoms with van der Waals surface area (Å²) in [6.07, 6.45) is 3.28. The Balaban J connectivity index is 1.82. The third-order valence-corrected chi connectivity index (χ3v) is 8.87. The Kier molecular flexibility index (Phi) is 5.47. The summed E-state index contributed by atoms with van der Waals surface area (Å²) in [4.78, 5) is 24.1. The second-order valence-corrected chi connectivity index (χ2v) is 10.4. The van der Waals surface area contributed by atoms with Crippen molar-refractivity contribution in [2.75, 3.05) is 0 Å². The monoisotopic (exact) mass is 436 g/mol. The summed E-state index contributed by atoms with van der Waals surface area (Å²) in [6.45, 7) is 7.41. The molecule has 0 unspecified atom stereocenters. The zero-order chi connectivity index (χ0) is 22.8. The Bertz CT molecular complexity index is 837. The smallest absolute Gasteiger partial charge is 0.305 e. The van der Waals surface area contributed by atoms with Crippen LogP contribution in [-0.2, 0) is 14.3 Å². The number of alkyl halides is 2. The number of allylic oxidation sites excluding steroid dienone is 4. The zero-order valence-corrected chi connectivity index (χ0v) is 18.9. The predicted octanol–water partition coefficient (Wildman–Crippen LogP) is 4.65. The number of carbonyl (C=O) groups excluding carboxylic acids is 2. The Hall–Kier alpha value is -1.56. The molecule has 6 heteroatoms. The van der Waals surface area contributed by atoms with Gasteiger partial charge in [0.1, 0.15) is 12.3 Å². The number of fused-ring (bicyclic) bond motifs is 5. The van der Waals surface area contributed by atoms with Gasteiger partial charge in [-0.15, -0.1) is 0 Å². The molecule has 0 aromatic rings. The van der Waals surface area contributed by atoms with Crippen LogP contribution in [0.15, 0.2) is 23.8 Å². The first kappa shape index (κ1) is 22.6. The number of hydrogen-bond acceptors (Lipinski definition) is 4. The zero-order valence-electron chi connectivity index (χ0n) is 18.9. The molecule has 0 saturated heterocycles. The van der Waals surface area contributed by atoms with E-state index < -0.39 is 40.8 Å². The molecule has 0 heterocycles. The van der Waals surface area contributed by atoms with Gasteiger partial charge >= 0.3 is 5.97 Å². The van der Waals surface area contributed by atoms with Gasteiger partial charge in [-0.25, -0.2) is 8.78 Å². The first-order chi connectivity index (χ1) is 14.5. The molecule has 0 aromatic carbocycles. The van der Waals surface area contributed by atoms with E-state index >= 15 is 8.78 Å². The predicted molar refractivity (Wildman–Crippen MR) is 113 cm³/mol. The lowest BCUT2D eigenvalue weighted by atomic mass is 9.44. The second kappa shape index (κ2) is 7.50. The van der Waals surface area contributed by atoms with E-state index in [1.165, 1.54) is 18.2 Å². The van der Waals surface area contributed by atoms with Crippen LogP contribution in [0.4, 0.5) is 8.78 Å². The van der Waals surface area contributed by atoms with Crippen LogP contribution in [0, 0.1) is 28.6 Å². The molecule has 4 rings (SSSR count). The number of ketones is 1. The first-order valence-electron chi connectivity index (χ1n) is 11.7. The summed E-state index contributed by atoms with van der Waals surface area (Å²) in [6, 6.07) is 0. The van der Waals surface area contributed by atoms with Crippen LogP contribution in [0.2, 0.25) is 0 Å². The lowest BCUT2D eigenvalue weighted by Crippen LogP contribution is -2.69. The van der Waals surface area contributed by atoms with Crippen LogP contribution >= 0.6 is 0 Å². The second-order valence-electron chi connectivity index (χ2n) is 10.4. The average molecular weight is 437 g/mol. The van der Waals surface area contributed by atoms with Crippen molar-refractivity contribution in [2.24, 2.45) is 28.6 Å². The molecule has 3 fully saturated rings. The number of rotatable bonds is 4. The van der Waals surface area contributed by atoms with Gasteiger partial charge in [-0.2, -0.15) is 0 Å². The third kappa shape index (κ3) is 2.93. The quantitative estimate of drug-likeness (QED) is 0.652. The number of ether oxygens (including phenoxy) is 1. The average Bonchev–Trinajstić information content (AvgIpc) is 2.97. The molecule has 0 bridgehead atoms. The van der Waals surface area contributed by atoms with Gasteiger partial charge in [-0.3, -0.25) is 9.59 Å². The molecule has 0 amide bonds. The molecular formula is C25H34F2O4. The minimum Gasteiger partial charge on any atom is -0.461 e. The fraction of sp³-hybridized carbons (Fsp3) is 0.760. The van der Waals surface area contributed by atoms with Crippen molar-refractivity contribution in [2.45, 2.75) is 90.3 Å². The molecule has 4 nitrogen and oxygen atoms in total. The number of carbonyl (C=O) groups is 2. The molecule has 0 radical (unpaired) electrons. The minimum absolute atomic E-state index is 0.00730. The summed E-state index contributed by atoms with van der Waals surface area (Å²) in [7, 11) is 0. The maximum absolute atomic E-state index is 17.1. The van der Waals surface area contributed by atoms with Gasteiger partial charge < -0.3 is 9.84 Å². The summed E-state index contributed by atoms with van der Waals surface area (Å²) >= 11 is 0. The van der Waals surface area contributed by atoms with E-state index in [0.29, 0.717) is 12.8 Å². The van der Waals surface area contributed by atoms with E-state index in [-0.39, 0.29) is 48.4 Å². The van der Waals surface area contributed by atoms with Crippen LogP contribution in [0.5, 0.6) is 0 Å². The summed E-state index contributed by atoms with van der Waals surface area (Å²) in [5.74, 6) is -1.55. The van der Waals surface area contributed by atoms with Crippen LogP contribution in [-0.4, -0.2) is 40.9 Å². The standard InChI is InChI=1S/C25H34F2O4/c1-5-8-24-13-20(29)25(27)17(16(24)10-14(3)22(24)31-21(30)6-2)12-19(26)18-11-15(28)7-9-23(18,25)4/h7,9,11,14,16-17,19-20,22,29H,5-6,8,10,12-13H2,1-4H3/t14-,16+,17+,19+,20+,22-,23+,24+,25+/m1/s1. The van der Waals surface area contributed by atoms with E-state index in [1.54, 1.807) is 13.8 Å². The topological polar surface area (TPSA) is 63.6 Å². The fourth-order valence-corrected chi connectivity index (χ4v) is 7.65. The van der Waals surface area contributed by atoms with Crippen molar-refractivity contribution in [1.82, 2.24) is 0 Å². The molecular weight excluding hydrogens is 402 g/mol. The highest BCUT2D eigenvalue weighted by atomic mass is 19.1. The molecule has 1 N–H and O–H groups in total. The normalized spacial score (nSPS) is 48.5. The highest BCUT2D eigenvalue weighted by Gasteiger charge is 2.73. The number of hydrogen-bond donors (Lipinski definition) is 1. The van der Waals surface area contributed by atoms with Crippen LogP contribution < -0.4 is 0 Å². The first-order valence-corrected chi connectivity index (χ1v) is 11.7. The molecule has 4 aliphatic carbocycles. The Labute approximate surface area is 183 Å². The van der Waals surface area contributed by atoms with Gasteiger partial charge in [-0.05, 0) is 62.2 Å². The van der Waals surface area contributed by atoms with E-state index in [1.807, 2.05) is 13.8 Å². The number of aliphatic hydroxyl groups excluding tert-OH is 1. The Morgan fingerprint density at radius 1 is 1.29 bits per heavy atom. The summed E-state index contributed by atoms with van der Waals surface area (Å²) in [5.41, 5.74) is -3.88. The Morgan fingerprint density at radius 3 is 2.65 bits per heavy atom. The van der Waals surface area contributed by atoms with Gasteiger partial charge in [0.2, 0.25) is 0 Å². The maximum atomic E-state index is 17.1. The van der Waals surface area contributed by atoms with Crippen molar-refractivity contribution < 1.29 is 28.2 Å².